The molecule has 0 aromatic heterocycles. The van der Waals surface area contributed by atoms with E-state index in [4.69, 9.17) is 9.47 Å². The van der Waals surface area contributed by atoms with Crippen molar-refractivity contribution in [1.29, 1.82) is 0 Å². The van der Waals surface area contributed by atoms with Crippen LogP contribution in [0.4, 0.5) is 4.79 Å². The lowest BCUT2D eigenvalue weighted by molar-refractivity contribution is 0.0745. The number of allylic oxidation sites excluding steroid dienone is 1. The number of benzene rings is 1. The van der Waals surface area contributed by atoms with Gasteiger partial charge in [0, 0.05) is 0 Å². The third kappa shape index (κ3) is 2.73. The molecule has 1 aromatic rings. The summed E-state index contributed by atoms with van der Waals surface area (Å²) < 4.78 is 10.3. The molecule has 3 nitrogen and oxygen atoms in total. The zero-order valence-electron chi connectivity index (χ0n) is 10.8. The van der Waals surface area contributed by atoms with Gasteiger partial charge in [-0.1, -0.05) is 37.3 Å². The zero-order valence-corrected chi connectivity index (χ0v) is 10.8. The van der Waals surface area contributed by atoms with Crippen molar-refractivity contribution in [1.82, 2.24) is 0 Å². The van der Waals surface area contributed by atoms with E-state index in [1.54, 1.807) is 0 Å². The second-order valence-corrected chi connectivity index (χ2v) is 4.63. The van der Waals surface area contributed by atoms with Gasteiger partial charge in [0.2, 0.25) is 0 Å². The summed E-state index contributed by atoms with van der Waals surface area (Å²) in [6, 6.07) is 10.2. The fourth-order valence-electron chi connectivity index (χ4n) is 1.97. The normalized spacial score (nSPS) is 25.0. The minimum absolute atomic E-state index is 0.590. The molecule has 1 saturated heterocycles. The van der Waals surface area contributed by atoms with Crippen molar-refractivity contribution >= 4 is 6.16 Å². The number of rotatable bonds is 4. The van der Waals surface area contributed by atoms with Crippen molar-refractivity contribution in [3.63, 3.8) is 0 Å². The van der Waals surface area contributed by atoms with Gasteiger partial charge in [0.15, 0.2) is 11.4 Å². The Balaban J connectivity index is 1.99. The second kappa shape index (κ2) is 5.25. The van der Waals surface area contributed by atoms with Gasteiger partial charge in [-0.15, -0.1) is 0 Å². The molecular formula is C15H18O3. The van der Waals surface area contributed by atoms with Gasteiger partial charge in [0.05, 0.1) is 0 Å². The molecule has 1 atom stereocenters. The molecule has 0 saturated carbocycles. The number of cyclic esters (lactones) is 2. The van der Waals surface area contributed by atoms with Gasteiger partial charge < -0.3 is 9.47 Å². The molecule has 0 N–H and O–H groups in total. The first kappa shape index (κ1) is 12.7. The summed E-state index contributed by atoms with van der Waals surface area (Å²) in [5, 5.41) is 0. The Hall–Kier alpha value is -1.77. The Morgan fingerprint density at radius 3 is 2.67 bits per heavy atom. The van der Waals surface area contributed by atoms with Crippen LogP contribution in [0.15, 0.2) is 42.2 Å². The van der Waals surface area contributed by atoms with Crippen LogP contribution in [0.5, 0.6) is 0 Å². The quantitative estimate of drug-likeness (QED) is 0.757. The predicted octanol–water partition coefficient (Wildman–Crippen LogP) is 3.84. The lowest BCUT2D eigenvalue weighted by Crippen LogP contribution is -2.24. The lowest BCUT2D eigenvalue weighted by Gasteiger charge is -2.18. The molecule has 0 radical (unpaired) electrons. The van der Waals surface area contributed by atoms with Crippen LogP contribution in [0, 0.1) is 0 Å². The topological polar surface area (TPSA) is 35.5 Å². The molecule has 1 aromatic carbocycles. The van der Waals surface area contributed by atoms with Crippen LogP contribution in [-0.4, -0.2) is 11.8 Å². The van der Waals surface area contributed by atoms with E-state index < -0.39 is 11.8 Å². The van der Waals surface area contributed by atoms with Gasteiger partial charge in [-0.3, -0.25) is 0 Å². The van der Waals surface area contributed by atoms with Gasteiger partial charge in [-0.25, -0.2) is 4.79 Å². The van der Waals surface area contributed by atoms with Crippen LogP contribution in [0.3, 0.4) is 0 Å². The SMILES string of the molecule is CCC1(C)OC(=O)OC1=CCCc1ccccc1. The maximum Gasteiger partial charge on any atom is 0.514 e. The number of carbonyl (C=O) groups is 1. The van der Waals surface area contributed by atoms with E-state index in [9.17, 15) is 4.79 Å². The Kier molecular flexibility index (Phi) is 3.70. The van der Waals surface area contributed by atoms with E-state index in [2.05, 4.69) is 12.1 Å². The van der Waals surface area contributed by atoms with Crippen molar-refractivity contribution in [2.45, 2.75) is 38.7 Å². The molecule has 0 bridgehead atoms. The van der Waals surface area contributed by atoms with Crippen LogP contribution >= 0.6 is 0 Å². The van der Waals surface area contributed by atoms with E-state index >= 15 is 0 Å². The molecule has 1 heterocycles. The molecule has 0 amide bonds. The number of aryl methyl sites for hydroxylation is 1. The van der Waals surface area contributed by atoms with Crippen molar-refractivity contribution < 1.29 is 14.3 Å². The largest absolute Gasteiger partial charge is 0.514 e. The van der Waals surface area contributed by atoms with Crippen LogP contribution in [0.1, 0.15) is 32.3 Å². The molecule has 1 unspecified atom stereocenters. The third-order valence-corrected chi connectivity index (χ3v) is 3.30. The summed E-state index contributed by atoms with van der Waals surface area (Å²) in [6.07, 6.45) is 3.86. The first-order valence-corrected chi connectivity index (χ1v) is 6.29. The van der Waals surface area contributed by atoms with Crippen molar-refractivity contribution in [3.05, 3.63) is 47.7 Å². The van der Waals surface area contributed by atoms with E-state index in [0.717, 1.165) is 19.3 Å². The molecular weight excluding hydrogens is 228 g/mol. The Morgan fingerprint density at radius 2 is 2.00 bits per heavy atom. The van der Waals surface area contributed by atoms with Gasteiger partial charge in [-0.2, -0.15) is 0 Å². The molecule has 3 heteroatoms. The van der Waals surface area contributed by atoms with Crippen LogP contribution in [0.25, 0.3) is 0 Å². The van der Waals surface area contributed by atoms with Crippen LogP contribution in [0.2, 0.25) is 0 Å². The molecule has 1 fully saturated rings. The van der Waals surface area contributed by atoms with E-state index in [1.807, 2.05) is 38.1 Å². The monoisotopic (exact) mass is 246 g/mol. The maximum atomic E-state index is 11.2. The highest BCUT2D eigenvalue weighted by Gasteiger charge is 2.41. The van der Waals surface area contributed by atoms with Crippen LogP contribution < -0.4 is 0 Å². The highest BCUT2D eigenvalue weighted by Crippen LogP contribution is 2.33. The number of ether oxygens (including phenoxy) is 2. The molecule has 2 rings (SSSR count). The lowest BCUT2D eigenvalue weighted by atomic mass is 9.99. The second-order valence-electron chi connectivity index (χ2n) is 4.63. The summed E-state index contributed by atoms with van der Waals surface area (Å²) in [5.41, 5.74) is 0.686. The molecule has 1 aliphatic rings. The average Bonchev–Trinajstić information content (AvgIpc) is 2.66. The molecule has 96 valence electrons. The smallest absolute Gasteiger partial charge is 0.419 e. The summed E-state index contributed by atoms with van der Waals surface area (Å²) >= 11 is 0. The Bertz CT molecular complexity index is 450. The standard InChI is InChI=1S/C15H18O3/c1-3-15(2)13(17-14(16)18-15)11-7-10-12-8-5-4-6-9-12/h4-6,8-9,11H,3,7,10H2,1-2H3. The average molecular weight is 246 g/mol. The van der Waals surface area contributed by atoms with Gasteiger partial charge in [0.25, 0.3) is 0 Å². The van der Waals surface area contributed by atoms with Gasteiger partial charge in [0.1, 0.15) is 0 Å². The van der Waals surface area contributed by atoms with Gasteiger partial charge in [-0.05, 0) is 37.8 Å². The van der Waals surface area contributed by atoms with E-state index in [-0.39, 0.29) is 0 Å². The fraction of sp³-hybridized carbons (Fsp3) is 0.400. The van der Waals surface area contributed by atoms with Crippen molar-refractivity contribution in [2.75, 3.05) is 0 Å². The Morgan fingerprint density at radius 1 is 1.28 bits per heavy atom. The molecule has 0 spiro atoms. The molecule has 18 heavy (non-hydrogen) atoms. The fourth-order valence-corrected chi connectivity index (χ4v) is 1.97. The summed E-state index contributed by atoms with van der Waals surface area (Å²) in [5.74, 6) is 0.644. The predicted molar refractivity (Wildman–Crippen MR) is 69.1 cm³/mol. The molecule has 1 aliphatic heterocycles. The first-order valence-electron chi connectivity index (χ1n) is 6.29. The highest BCUT2D eigenvalue weighted by atomic mass is 16.8. The number of carbonyl (C=O) groups excluding carboxylic acids is 1. The Labute approximate surface area is 107 Å². The maximum absolute atomic E-state index is 11.2. The van der Waals surface area contributed by atoms with E-state index in [1.165, 1.54) is 5.56 Å². The number of hydrogen-bond acceptors (Lipinski definition) is 3. The summed E-state index contributed by atoms with van der Waals surface area (Å²) in [4.78, 5) is 11.2. The minimum atomic E-state index is -0.592. The molecule has 0 aliphatic carbocycles. The third-order valence-electron chi connectivity index (χ3n) is 3.30. The first-order chi connectivity index (χ1) is 8.64. The highest BCUT2D eigenvalue weighted by molar-refractivity contribution is 5.66. The minimum Gasteiger partial charge on any atom is -0.419 e. The summed E-state index contributed by atoms with van der Waals surface area (Å²) in [6.45, 7) is 3.86. The van der Waals surface area contributed by atoms with Crippen LogP contribution in [-0.2, 0) is 15.9 Å². The van der Waals surface area contributed by atoms with Crippen molar-refractivity contribution in [3.8, 4) is 0 Å². The summed E-state index contributed by atoms with van der Waals surface area (Å²) in [7, 11) is 0. The number of hydrogen-bond donors (Lipinski definition) is 0. The van der Waals surface area contributed by atoms with E-state index in [0.29, 0.717) is 5.76 Å². The zero-order chi connectivity index (χ0) is 13.0. The van der Waals surface area contributed by atoms with Gasteiger partial charge >= 0.3 is 6.16 Å². The van der Waals surface area contributed by atoms with Crippen molar-refractivity contribution in [2.24, 2.45) is 0 Å².